The van der Waals surface area contributed by atoms with E-state index in [-0.39, 0.29) is 6.54 Å². The van der Waals surface area contributed by atoms with Gasteiger partial charge in [-0.2, -0.15) is 5.10 Å². The molecular weight excluding hydrogens is 294 g/mol. The smallest absolute Gasteiger partial charge is 0.255 e. The Balaban J connectivity index is 2.36. The highest BCUT2D eigenvalue weighted by atomic mass is 79.9. The first-order valence-corrected chi connectivity index (χ1v) is 6.22. The molecule has 17 heavy (non-hydrogen) atoms. The molecule has 0 saturated carbocycles. The van der Waals surface area contributed by atoms with Crippen LogP contribution < -0.4 is 4.90 Å². The van der Waals surface area contributed by atoms with Gasteiger partial charge in [-0.25, -0.2) is 18.3 Å². The molecule has 0 N–H and O–H groups in total. The lowest BCUT2D eigenvalue weighted by Crippen LogP contribution is -2.31. The number of hydrogen-bond donors (Lipinski definition) is 0. The van der Waals surface area contributed by atoms with Gasteiger partial charge in [0, 0.05) is 24.3 Å². The first-order chi connectivity index (χ1) is 8.22. The van der Waals surface area contributed by atoms with Gasteiger partial charge in [-0.3, -0.25) is 0 Å². The number of aromatic nitrogens is 3. The third kappa shape index (κ3) is 2.71. The van der Waals surface area contributed by atoms with E-state index < -0.39 is 6.43 Å². The van der Waals surface area contributed by atoms with Crippen molar-refractivity contribution in [2.45, 2.75) is 6.43 Å². The van der Waals surface area contributed by atoms with Crippen LogP contribution in [-0.2, 0) is 0 Å². The maximum atomic E-state index is 12.5. The van der Waals surface area contributed by atoms with Gasteiger partial charge in [0.05, 0.1) is 12.7 Å². The molecule has 2 rings (SSSR count). The number of halogens is 3. The van der Waals surface area contributed by atoms with Crippen LogP contribution in [0.3, 0.4) is 0 Å². The van der Waals surface area contributed by atoms with E-state index in [9.17, 15) is 8.78 Å². The summed E-state index contributed by atoms with van der Waals surface area (Å²) in [7, 11) is 0. The van der Waals surface area contributed by atoms with Crippen LogP contribution in [0.15, 0.2) is 24.7 Å². The first-order valence-electron chi connectivity index (χ1n) is 5.10. The molecule has 92 valence electrons. The van der Waals surface area contributed by atoms with Gasteiger partial charge in [0.2, 0.25) is 0 Å². The second kappa shape index (κ2) is 5.39. The number of alkyl halides is 3. The lowest BCUT2D eigenvalue weighted by molar-refractivity contribution is 0.155. The lowest BCUT2D eigenvalue weighted by atomic mass is 10.4. The topological polar surface area (TPSA) is 33.4 Å². The van der Waals surface area contributed by atoms with E-state index >= 15 is 0 Å². The molecule has 0 aliphatic carbocycles. The molecule has 0 aliphatic heterocycles. The fourth-order valence-corrected chi connectivity index (χ4v) is 2.07. The fourth-order valence-electron chi connectivity index (χ4n) is 1.64. The van der Waals surface area contributed by atoms with Gasteiger partial charge in [0.25, 0.3) is 6.43 Å². The van der Waals surface area contributed by atoms with Crippen molar-refractivity contribution in [1.82, 2.24) is 14.6 Å². The van der Waals surface area contributed by atoms with E-state index in [0.717, 1.165) is 5.52 Å². The third-order valence-electron chi connectivity index (χ3n) is 2.32. The first kappa shape index (κ1) is 12.2. The summed E-state index contributed by atoms with van der Waals surface area (Å²) in [5, 5.41) is 4.66. The molecule has 0 amide bonds. The number of fused-ring (bicyclic) bond motifs is 1. The van der Waals surface area contributed by atoms with Crippen LogP contribution in [0.25, 0.3) is 5.52 Å². The monoisotopic (exact) mass is 304 g/mol. The van der Waals surface area contributed by atoms with Crippen LogP contribution in [0.5, 0.6) is 0 Å². The van der Waals surface area contributed by atoms with Crippen molar-refractivity contribution >= 4 is 27.3 Å². The largest absolute Gasteiger partial charge is 0.348 e. The van der Waals surface area contributed by atoms with Crippen molar-refractivity contribution in [3.63, 3.8) is 0 Å². The molecule has 4 nitrogen and oxygen atoms in total. The summed E-state index contributed by atoms with van der Waals surface area (Å²) in [6, 6.07) is 1.76. The molecular formula is C10H11BrF2N4. The van der Waals surface area contributed by atoms with Crippen LogP contribution in [0.4, 0.5) is 14.6 Å². The summed E-state index contributed by atoms with van der Waals surface area (Å²) in [5.41, 5.74) is 0.731. The van der Waals surface area contributed by atoms with E-state index in [1.54, 1.807) is 34.1 Å². The minimum absolute atomic E-state index is 0.330. The summed E-state index contributed by atoms with van der Waals surface area (Å²) in [5.74, 6) is 0.532. The molecule has 0 aliphatic rings. The average Bonchev–Trinajstić information content (AvgIpc) is 2.75. The molecule has 0 unspecified atom stereocenters. The normalized spacial score (nSPS) is 11.3. The van der Waals surface area contributed by atoms with E-state index in [4.69, 9.17) is 0 Å². The summed E-state index contributed by atoms with van der Waals surface area (Å²) < 4.78 is 26.6. The molecule has 2 heterocycles. The van der Waals surface area contributed by atoms with Gasteiger partial charge in [-0.1, -0.05) is 15.9 Å². The predicted octanol–water partition coefficient (Wildman–Crippen LogP) is 2.20. The Morgan fingerprint density at radius 1 is 1.41 bits per heavy atom. The Labute approximate surface area is 105 Å². The van der Waals surface area contributed by atoms with Crippen molar-refractivity contribution in [1.29, 1.82) is 0 Å². The molecule has 2 aromatic heterocycles. The Bertz CT molecular complexity index is 488. The standard InChI is InChI=1S/C10H11BrF2N4/c11-2-5-16(7-9(12)13)10-8-1-3-15-17(8)6-4-14-10/h1,3-4,6,9H,2,5,7H2. The van der Waals surface area contributed by atoms with Crippen molar-refractivity contribution in [2.75, 3.05) is 23.3 Å². The van der Waals surface area contributed by atoms with Gasteiger partial charge in [-0.15, -0.1) is 0 Å². The van der Waals surface area contributed by atoms with E-state index in [1.165, 1.54) is 0 Å². The van der Waals surface area contributed by atoms with Crippen LogP contribution >= 0.6 is 15.9 Å². The number of nitrogens with zero attached hydrogens (tertiary/aromatic N) is 4. The summed E-state index contributed by atoms with van der Waals surface area (Å²) in [6.07, 6.45) is 2.48. The molecule has 0 bridgehead atoms. The predicted molar refractivity (Wildman–Crippen MR) is 65.0 cm³/mol. The fraction of sp³-hybridized carbons (Fsp3) is 0.400. The van der Waals surface area contributed by atoms with Gasteiger partial charge >= 0.3 is 0 Å². The second-order valence-electron chi connectivity index (χ2n) is 3.44. The highest BCUT2D eigenvalue weighted by Crippen LogP contribution is 2.19. The van der Waals surface area contributed by atoms with Crippen LogP contribution in [0.2, 0.25) is 0 Å². The zero-order valence-electron chi connectivity index (χ0n) is 8.93. The minimum Gasteiger partial charge on any atom is -0.348 e. The molecule has 0 atom stereocenters. The second-order valence-corrected chi connectivity index (χ2v) is 4.23. The Morgan fingerprint density at radius 2 is 2.24 bits per heavy atom. The van der Waals surface area contributed by atoms with E-state index in [0.29, 0.717) is 17.7 Å². The van der Waals surface area contributed by atoms with Crippen LogP contribution in [0.1, 0.15) is 0 Å². The quantitative estimate of drug-likeness (QED) is 0.794. The van der Waals surface area contributed by atoms with E-state index in [1.807, 2.05) is 0 Å². The minimum atomic E-state index is -2.39. The molecule has 0 spiro atoms. The molecule has 0 fully saturated rings. The number of anilines is 1. The van der Waals surface area contributed by atoms with E-state index in [2.05, 4.69) is 26.0 Å². The molecule has 0 saturated heterocycles. The third-order valence-corrected chi connectivity index (χ3v) is 2.67. The molecule has 0 aromatic carbocycles. The number of hydrogen-bond acceptors (Lipinski definition) is 3. The zero-order chi connectivity index (χ0) is 12.3. The van der Waals surface area contributed by atoms with Gasteiger partial charge in [0.15, 0.2) is 5.82 Å². The van der Waals surface area contributed by atoms with Gasteiger partial charge < -0.3 is 4.90 Å². The summed E-state index contributed by atoms with van der Waals surface area (Å²) >= 11 is 3.26. The van der Waals surface area contributed by atoms with Crippen molar-refractivity contribution in [2.24, 2.45) is 0 Å². The molecule has 0 radical (unpaired) electrons. The Morgan fingerprint density at radius 3 is 2.94 bits per heavy atom. The Kier molecular flexibility index (Phi) is 3.88. The SMILES string of the molecule is FC(F)CN(CCBr)c1nccn2nccc12. The summed E-state index contributed by atoms with van der Waals surface area (Å²) in [4.78, 5) is 5.71. The lowest BCUT2D eigenvalue weighted by Gasteiger charge is -2.22. The van der Waals surface area contributed by atoms with Gasteiger partial charge in [-0.05, 0) is 6.07 Å². The van der Waals surface area contributed by atoms with Crippen molar-refractivity contribution in [3.05, 3.63) is 24.7 Å². The highest BCUT2D eigenvalue weighted by Gasteiger charge is 2.16. The maximum Gasteiger partial charge on any atom is 0.255 e. The Hall–Kier alpha value is -1.24. The van der Waals surface area contributed by atoms with Crippen LogP contribution in [-0.4, -0.2) is 39.4 Å². The maximum absolute atomic E-state index is 12.5. The van der Waals surface area contributed by atoms with Crippen LogP contribution in [0, 0.1) is 0 Å². The van der Waals surface area contributed by atoms with Crippen molar-refractivity contribution < 1.29 is 8.78 Å². The van der Waals surface area contributed by atoms with Crippen molar-refractivity contribution in [3.8, 4) is 0 Å². The highest BCUT2D eigenvalue weighted by molar-refractivity contribution is 9.09. The molecule has 2 aromatic rings. The van der Waals surface area contributed by atoms with Gasteiger partial charge in [0.1, 0.15) is 5.52 Å². The zero-order valence-corrected chi connectivity index (χ0v) is 10.5. The number of rotatable bonds is 5. The molecule has 7 heteroatoms. The summed E-state index contributed by atoms with van der Waals surface area (Å²) in [6.45, 7) is 0.144. The average molecular weight is 305 g/mol.